The largest absolute Gasteiger partial charge is 0.465 e. The van der Waals surface area contributed by atoms with Gasteiger partial charge >= 0.3 is 5.97 Å². The van der Waals surface area contributed by atoms with Crippen molar-refractivity contribution in [3.63, 3.8) is 0 Å². The average Bonchev–Trinajstić information content (AvgIpc) is 2.62. The number of hydrogen-bond donors (Lipinski definition) is 1. The van der Waals surface area contributed by atoms with Gasteiger partial charge in [-0.2, -0.15) is 0 Å². The molecule has 0 heterocycles. The topological polar surface area (TPSA) is 92.8 Å². The van der Waals surface area contributed by atoms with E-state index in [1.807, 2.05) is 0 Å². The minimum absolute atomic E-state index is 0.0456. The number of hydrogen-bond acceptors (Lipinski definition) is 5. The van der Waals surface area contributed by atoms with Crippen molar-refractivity contribution in [1.29, 1.82) is 0 Å². The zero-order valence-electron chi connectivity index (χ0n) is 14.7. The first kappa shape index (κ1) is 19.5. The predicted molar refractivity (Wildman–Crippen MR) is 97.4 cm³/mol. The quantitative estimate of drug-likeness (QED) is 0.778. The lowest BCUT2D eigenvalue weighted by Crippen LogP contribution is -2.23. The predicted octanol–water partition coefficient (Wildman–Crippen LogP) is 1.90. The molecule has 1 N–H and O–H groups in total. The van der Waals surface area contributed by atoms with E-state index < -0.39 is 16.0 Å². The van der Waals surface area contributed by atoms with Gasteiger partial charge in [-0.3, -0.25) is 9.52 Å². The summed E-state index contributed by atoms with van der Waals surface area (Å²) in [6.45, 7) is 0. The number of ether oxygens (including phenoxy) is 1. The molecule has 26 heavy (non-hydrogen) atoms. The van der Waals surface area contributed by atoms with Gasteiger partial charge in [0.05, 0.1) is 19.1 Å². The van der Waals surface area contributed by atoms with Gasteiger partial charge in [-0.1, -0.05) is 24.3 Å². The van der Waals surface area contributed by atoms with Crippen LogP contribution in [0, 0.1) is 0 Å². The van der Waals surface area contributed by atoms with Crippen molar-refractivity contribution in [2.45, 2.75) is 11.3 Å². The van der Waals surface area contributed by atoms with Crippen molar-refractivity contribution in [2.75, 3.05) is 25.9 Å². The molecule has 2 aromatic rings. The molecule has 1 amide bonds. The maximum absolute atomic E-state index is 12.6. The zero-order valence-corrected chi connectivity index (χ0v) is 15.5. The van der Waals surface area contributed by atoms with Gasteiger partial charge in [0, 0.05) is 19.8 Å². The molecule has 0 aliphatic heterocycles. The fourth-order valence-electron chi connectivity index (χ4n) is 2.21. The maximum atomic E-state index is 12.6. The van der Waals surface area contributed by atoms with Gasteiger partial charge in [0.2, 0.25) is 5.91 Å². The van der Waals surface area contributed by atoms with Crippen LogP contribution < -0.4 is 4.72 Å². The van der Waals surface area contributed by atoms with Gasteiger partial charge < -0.3 is 9.64 Å². The molecule has 0 aliphatic carbocycles. The van der Waals surface area contributed by atoms with E-state index in [-0.39, 0.29) is 22.8 Å². The number of nitrogens with one attached hydrogen (secondary N) is 1. The summed E-state index contributed by atoms with van der Waals surface area (Å²) in [5.74, 6) is -0.783. The molecule has 0 aromatic heterocycles. The Bertz CT molecular complexity index is 905. The van der Waals surface area contributed by atoms with E-state index in [9.17, 15) is 18.0 Å². The molecule has 0 aliphatic rings. The number of benzene rings is 2. The maximum Gasteiger partial charge on any atom is 0.339 e. The minimum Gasteiger partial charge on any atom is -0.465 e. The molecule has 0 radical (unpaired) electrons. The summed E-state index contributed by atoms with van der Waals surface area (Å²) in [4.78, 5) is 24.8. The number of sulfonamides is 1. The monoisotopic (exact) mass is 376 g/mol. The first-order chi connectivity index (χ1) is 12.2. The number of nitrogens with zero attached hydrogens (tertiary/aromatic N) is 1. The van der Waals surface area contributed by atoms with E-state index >= 15 is 0 Å². The van der Waals surface area contributed by atoms with Crippen molar-refractivity contribution < 1.29 is 22.7 Å². The van der Waals surface area contributed by atoms with E-state index in [1.54, 1.807) is 44.4 Å². The number of esters is 1. The summed E-state index contributed by atoms with van der Waals surface area (Å²) in [7, 11) is 0.553. The highest BCUT2D eigenvalue weighted by Crippen LogP contribution is 2.21. The second-order valence-electron chi connectivity index (χ2n) is 5.76. The lowest BCUT2D eigenvalue weighted by Gasteiger charge is -2.12. The van der Waals surface area contributed by atoms with Crippen LogP contribution in [-0.4, -0.2) is 46.4 Å². The summed E-state index contributed by atoms with van der Waals surface area (Å²) < 4.78 is 32.3. The number of likely N-dealkylation sites (N-methyl/N-ethyl adjacent to an activating group) is 1. The molecule has 0 saturated heterocycles. The number of methoxy groups -OCH3 is 1. The Morgan fingerprint density at radius 3 is 2.23 bits per heavy atom. The molecular formula is C18H20N2O5S. The Kier molecular flexibility index (Phi) is 5.99. The lowest BCUT2D eigenvalue weighted by atomic mass is 10.1. The highest BCUT2D eigenvalue weighted by Gasteiger charge is 2.22. The smallest absolute Gasteiger partial charge is 0.339 e. The first-order valence-electron chi connectivity index (χ1n) is 7.74. The van der Waals surface area contributed by atoms with E-state index in [1.165, 1.54) is 30.2 Å². The summed E-state index contributed by atoms with van der Waals surface area (Å²) >= 11 is 0. The van der Waals surface area contributed by atoms with Gasteiger partial charge in [0.25, 0.3) is 10.0 Å². The SMILES string of the molecule is COC(=O)c1ccccc1S(=O)(=O)Nc1ccc(CC(=O)N(C)C)cc1. The third kappa shape index (κ3) is 4.60. The third-order valence-corrected chi connectivity index (χ3v) is 5.08. The average molecular weight is 376 g/mol. The van der Waals surface area contributed by atoms with Crippen LogP contribution in [0.1, 0.15) is 15.9 Å². The number of amides is 1. The molecule has 0 unspecified atom stereocenters. The van der Waals surface area contributed by atoms with Crippen LogP contribution in [0.25, 0.3) is 0 Å². The molecule has 0 spiro atoms. The van der Waals surface area contributed by atoms with E-state index in [2.05, 4.69) is 9.46 Å². The summed E-state index contributed by atoms with van der Waals surface area (Å²) in [5.41, 5.74) is 1.04. The summed E-state index contributed by atoms with van der Waals surface area (Å²) in [6, 6.07) is 12.3. The zero-order chi connectivity index (χ0) is 19.3. The molecule has 2 rings (SSSR count). The number of anilines is 1. The molecule has 8 heteroatoms. The van der Waals surface area contributed by atoms with Crippen LogP contribution in [0.4, 0.5) is 5.69 Å². The van der Waals surface area contributed by atoms with Crippen LogP contribution in [0.5, 0.6) is 0 Å². The molecule has 0 bridgehead atoms. The van der Waals surface area contributed by atoms with Crippen LogP contribution in [0.2, 0.25) is 0 Å². The minimum atomic E-state index is -3.97. The summed E-state index contributed by atoms with van der Waals surface area (Å²) in [5, 5.41) is 0. The molecule has 2 aromatic carbocycles. The first-order valence-corrected chi connectivity index (χ1v) is 9.22. The standard InChI is InChI=1S/C18H20N2O5S/c1-20(2)17(21)12-13-8-10-14(11-9-13)19-26(23,24)16-7-5-4-6-15(16)18(22)25-3/h4-11,19H,12H2,1-3H3. The molecule has 0 fully saturated rings. The van der Waals surface area contributed by atoms with Gasteiger partial charge in [0.1, 0.15) is 4.90 Å². The molecule has 0 atom stereocenters. The number of carbonyl (C=O) groups excluding carboxylic acids is 2. The van der Waals surface area contributed by atoms with Gasteiger partial charge in [-0.25, -0.2) is 13.2 Å². The molecule has 7 nitrogen and oxygen atoms in total. The van der Waals surface area contributed by atoms with Crippen LogP contribution in [0.15, 0.2) is 53.4 Å². The molecule has 138 valence electrons. The molecule has 0 saturated carbocycles. The summed E-state index contributed by atoms with van der Waals surface area (Å²) in [6.07, 6.45) is 0.227. The highest BCUT2D eigenvalue weighted by atomic mass is 32.2. The van der Waals surface area contributed by atoms with Crippen LogP contribution in [0.3, 0.4) is 0 Å². The Morgan fingerprint density at radius 1 is 1.04 bits per heavy atom. The van der Waals surface area contributed by atoms with Gasteiger partial charge in [-0.05, 0) is 29.8 Å². The van der Waals surface area contributed by atoms with Crippen molar-refractivity contribution in [2.24, 2.45) is 0 Å². The lowest BCUT2D eigenvalue weighted by molar-refractivity contribution is -0.127. The van der Waals surface area contributed by atoms with E-state index in [0.717, 1.165) is 5.56 Å². The van der Waals surface area contributed by atoms with Crippen molar-refractivity contribution in [3.05, 3.63) is 59.7 Å². The Balaban J connectivity index is 2.23. The van der Waals surface area contributed by atoms with Crippen molar-refractivity contribution in [3.8, 4) is 0 Å². The second-order valence-corrected chi connectivity index (χ2v) is 7.41. The van der Waals surface area contributed by atoms with Crippen molar-refractivity contribution >= 4 is 27.6 Å². The van der Waals surface area contributed by atoms with Crippen LogP contribution >= 0.6 is 0 Å². The van der Waals surface area contributed by atoms with E-state index in [4.69, 9.17) is 0 Å². The Labute approximate surface area is 152 Å². The van der Waals surface area contributed by atoms with Crippen molar-refractivity contribution in [1.82, 2.24) is 4.90 Å². The van der Waals surface area contributed by atoms with Gasteiger partial charge in [0.15, 0.2) is 0 Å². The fraction of sp³-hybridized carbons (Fsp3) is 0.222. The number of carbonyl (C=O) groups is 2. The molecular weight excluding hydrogens is 356 g/mol. The highest BCUT2D eigenvalue weighted by molar-refractivity contribution is 7.92. The van der Waals surface area contributed by atoms with E-state index in [0.29, 0.717) is 5.69 Å². The Hall–Kier alpha value is -2.87. The van der Waals surface area contributed by atoms with Crippen LogP contribution in [-0.2, 0) is 26.0 Å². The fourth-order valence-corrected chi connectivity index (χ4v) is 3.47. The Morgan fingerprint density at radius 2 is 1.65 bits per heavy atom. The second kappa shape index (κ2) is 8.01. The normalized spacial score (nSPS) is 10.9. The third-order valence-electron chi connectivity index (χ3n) is 3.64. The van der Waals surface area contributed by atoms with Gasteiger partial charge in [-0.15, -0.1) is 0 Å². The number of rotatable bonds is 6.